The molecule has 0 radical (unpaired) electrons. The number of nitrogens with one attached hydrogen (secondary N) is 1. The van der Waals surface area contributed by atoms with E-state index in [0.717, 1.165) is 19.3 Å². The Kier molecular flexibility index (Phi) is 19.3. The first-order valence-electron chi connectivity index (χ1n) is 11.6. The summed E-state index contributed by atoms with van der Waals surface area (Å²) in [5, 5.41) is 32.3. The Morgan fingerprint density at radius 2 is 1.38 bits per heavy atom. The monoisotopic (exact) mass is 411 g/mol. The van der Waals surface area contributed by atoms with Gasteiger partial charge in [0.2, 0.25) is 5.91 Å². The van der Waals surface area contributed by atoms with Gasteiger partial charge < -0.3 is 20.6 Å². The third-order valence-corrected chi connectivity index (χ3v) is 5.24. The number of carbonyl (C=O) groups excluding carboxylic acids is 1. The van der Waals surface area contributed by atoms with Gasteiger partial charge in [0.15, 0.2) is 0 Å². The molecule has 5 heteroatoms. The second kappa shape index (κ2) is 20.1. The minimum atomic E-state index is -1.17. The number of amides is 1. The number of carbonyl (C=O) groups is 1. The van der Waals surface area contributed by atoms with E-state index in [9.17, 15) is 20.1 Å². The van der Waals surface area contributed by atoms with E-state index in [1.165, 1.54) is 63.9 Å². The van der Waals surface area contributed by atoms with Crippen LogP contribution in [0.4, 0.5) is 0 Å². The van der Waals surface area contributed by atoms with Gasteiger partial charge in [-0.1, -0.05) is 102 Å². The van der Waals surface area contributed by atoms with Crippen LogP contribution in [0.2, 0.25) is 0 Å². The van der Waals surface area contributed by atoms with Gasteiger partial charge in [0.1, 0.15) is 6.10 Å². The van der Waals surface area contributed by atoms with Crippen LogP contribution in [0.5, 0.6) is 0 Å². The van der Waals surface area contributed by atoms with Crippen molar-refractivity contribution in [2.24, 2.45) is 0 Å². The van der Waals surface area contributed by atoms with E-state index in [4.69, 9.17) is 0 Å². The molecule has 0 saturated heterocycles. The van der Waals surface area contributed by atoms with Gasteiger partial charge in [-0.15, -0.1) is 0 Å². The fourth-order valence-corrected chi connectivity index (χ4v) is 3.36. The van der Waals surface area contributed by atoms with Crippen molar-refractivity contribution in [2.45, 2.75) is 116 Å². The molecule has 0 aromatic rings. The molecular formula is C24H45NO4. The molecule has 0 aromatic carbocycles. The normalized spacial score (nSPS) is 15.1. The van der Waals surface area contributed by atoms with E-state index < -0.39 is 30.8 Å². The van der Waals surface area contributed by atoms with Crippen LogP contribution in [-0.4, -0.2) is 46.1 Å². The smallest absolute Gasteiger partial charge is 0.244 e. The van der Waals surface area contributed by atoms with Crippen molar-refractivity contribution in [1.29, 1.82) is 0 Å². The number of hydrogen-bond donors (Lipinski definition) is 4. The summed E-state index contributed by atoms with van der Waals surface area (Å²) in [5.74, 6) is -0.404. The number of rotatable bonds is 19. The maximum absolute atomic E-state index is 11.8. The molecule has 1 amide bonds. The second-order valence-electron chi connectivity index (χ2n) is 7.92. The summed E-state index contributed by atoms with van der Waals surface area (Å²) in [7, 11) is 0. The second-order valence-corrected chi connectivity index (χ2v) is 7.92. The molecule has 0 unspecified atom stereocenters. The molecule has 5 nitrogen and oxygen atoms in total. The highest BCUT2D eigenvalue weighted by Gasteiger charge is 2.26. The van der Waals surface area contributed by atoms with Crippen LogP contribution in [-0.2, 0) is 4.79 Å². The Labute approximate surface area is 178 Å². The first-order valence-corrected chi connectivity index (χ1v) is 11.6. The van der Waals surface area contributed by atoms with Crippen LogP contribution in [0.3, 0.4) is 0 Å². The molecule has 0 fully saturated rings. The van der Waals surface area contributed by atoms with Gasteiger partial charge in [0.25, 0.3) is 0 Å². The minimum Gasteiger partial charge on any atom is -0.394 e. The standard InChI is InChI=1S/C24H45NO4/c1-3-5-7-8-9-10-11-12-13-14-15-17-18-22(27)24(29)21(20-26)25-23(28)19-16-6-4-2/h4,6,16,19,21-22,24,26-27,29H,3,5,7-15,17-18,20H2,1-2H3,(H,25,28)/b6-4+,19-16+/t21-,22+,24-/m0/s1. The Bertz CT molecular complexity index is 437. The van der Waals surface area contributed by atoms with Crippen molar-refractivity contribution in [1.82, 2.24) is 5.32 Å². The highest BCUT2D eigenvalue weighted by atomic mass is 16.3. The van der Waals surface area contributed by atoms with Crippen molar-refractivity contribution >= 4 is 5.91 Å². The van der Waals surface area contributed by atoms with Gasteiger partial charge >= 0.3 is 0 Å². The quantitative estimate of drug-likeness (QED) is 0.144. The molecule has 0 aliphatic heterocycles. The van der Waals surface area contributed by atoms with E-state index in [1.807, 2.05) is 6.92 Å². The number of hydrogen-bond acceptors (Lipinski definition) is 4. The van der Waals surface area contributed by atoms with Crippen LogP contribution >= 0.6 is 0 Å². The topological polar surface area (TPSA) is 89.8 Å². The zero-order chi connectivity index (χ0) is 21.7. The molecule has 29 heavy (non-hydrogen) atoms. The predicted molar refractivity (Wildman–Crippen MR) is 121 cm³/mol. The summed E-state index contributed by atoms with van der Waals surface area (Å²) < 4.78 is 0. The summed E-state index contributed by atoms with van der Waals surface area (Å²) in [6, 6.07) is -0.870. The Morgan fingerprint density at radius 1 is 0.862 bits per heavy atom. The molecule has 170 valence electrons. The number of aliphatic hydroxyl groups excluding tert-OH is 3. The molecule has 0 aromatic heterocycles. The summed E-state index contributed by atoms with van der Waals surface area (Å²) >= 11 is 0. The summed E-state index contributed by atoms with van der Waals surface area (Å²) in [5.41, 5.74) is 0. The average Bonchev–Trinajstić information content (AvgIpc) is 2.72. The Hall–Kier alpha value is -1.17. The van der Waals surface area contributed by atoms with Gasteiger partial charge in [0, 0.05) is 6.08 Å². The van der Waals surface area contributed by atoms with E-state index in [0.29, 0.717) is 6.42 Å². The number of allylic oxidation sites excluding steroid dienone is 3. The lowest BCUT2D eigenvalue weighted by molar-refractivity contribution is -0.119. The van der Waals surface area contributed by atoms with E-state index >= 15 is 0 Å². The molecular weight excluding hydrogens is 366 g/mol. The van der Waals surface area contributed by atoms with Crippen LogP contribution in [0.15, 0.2) is 24.3 Å². The third kappa shape index (κ3) is 16.3. The number of unbranched alkanes of at least 4 members (excludes halogenated alkanes) is 11. The van der Waals surface area contributed by atoms with Crippen molar-refractivity contribution in [3.8, 4) is 0 Å². The largest absolute Gasteiger partial charge is 0.394 e. The zero-order valence-corrected chi connectivity index (χ0v) is 18.7. The van der Waals surface area contributed by atoms with Crippen molar-refractivity contribution in [3.05, 3.63) is 24.3 Å². The summed E-state index contributed by atoms with van der Waals surface area (Å²) in [4.78, 5) is 11.8. The highest BCUT2D eigenvalue weighted by Crippen LogP contribution is 2.14. The van der Waals surface area contributed by atoms with Crippen molar-refractivity contribution < 1.29 is 20.1 Å². The lowest BCUT2D eigenvalue weighted by Gasteiger charge is -2.26. The molecule has 3 atom stereocenters. The highest BCUT2D eigenvalue weighted by molar-refractivity contribution is 5.88. The van der Waals surface area contributed by atoms with Crippen LogP contribution < -0.4 is 5.32 Å². The van der Waals surface area contributed by atoms with E-state index in [-0.39, 0.29) is 0 Å². The third-order valence-electron chi connectivity index (χ3n) is 5.24. The molecule has 0 saturated carbocycles. The predicted octanol–water partition coefficient (Wildman–Crippen LogP) is 4.41. The molecule has 0 aliphatic rings. The van der Waals surface area contributed by atoms with Crippen LogP contribution in [0.1, 0.15) is 97.3 Å². The summed E-state index contributed by atoms with van der Waals surface area (Å²) in [6.07, 6.45) is 19.7. The van der Waals surface area contributed by atoms with E-state index in [1.54, 1.807) is 18.2 Å². The van der Waals surface area contributed by atoms with Crippen molar-refractivity contribution in [2.75, 3.05) is 6.61 Å². The Morgan fingerprint density at radius 3 is 1.86 bits per heavy atom. The molecule has 0 rings (SSSR count). The molecule has 0 aliphatic carbocycles. The SMILES string of the molecule is C/C=C/C=C/C(=O)N[C@@H](CO)[C@H](O)[C@H](O)CCCCCCCCCCCCCC. The minimum absolute atomic E-state index is 0.404. The molecule has 0 bridgehead atoms. The van der Waals surface area contributed by atoms with E-state index in [2.05, 4.69) is 12.2 Å². The first kappa shape index (κ1) is 27.8. The molecule has 4 N–H and O–H groups in total. The zero-order valence-electron chi connectivity index (χ0n) is 18.7. The fourth-order valence-electron chi connectivity index (χ4n) is 3.36. The summed E-state index contributed by atoms with van der Waals surface area (Å²) in [6.45, 7) is 3.67. The van der Waals surface area contributed by atoms with Gasteiger partial charge in [-0.3, -0.25) is 4.79 Å². The van der Waals surface area contributed by atoms with Crippen LogP contribution in [0.25, 0.3) is 0 Å². The number of aliphatic hydroxyl groups is 3. The van der Waals surface area contributed by atoms with Gasteiger partial charge in [-0.25, -0.2) is 0 Å². The lowest BCUT2D eigenvalue weighted by atomic mass is 9.99. The molecule has 0 spiro atoms. The van der Waals surface area contributed by atoms with Crippen LogP contribution in [0, 0.1) is 0 Å². The maximum Gasteiger partial charge on any atom is 0.244 e. The maximum atomic E-state index is 11.8. The Balaban J connectivity index is 3.80. The van der Waals surface area contributed by atoms with Gasteiger partial charge in [-0.2, -0.15) is 0 Å². The van der Waals surface area contributed by atoms with Gasteiger partial charge in [0.05, 0.1) is 18.8 Å². The molecule has 0 heterocycles. The fraction of sp³-hybridized carbons (Fsp3) is 0.792. The lowest BCUT2D eigenvalue weighted by Crippen LogP contribution is -2.50. The first-order chi connectivity index (χ1) is 14.1. The average molecular weight is 412 g/mol. The van der Waals surface area contributed by atoms with Crippen molar-refractivity contribution in [3.63, 3.8) is 0 Å². The van der Waals surface area contributed by atoms with Gasteiger partial charge in [-0.05, 0) is 13.3 Å².